The number of carbonyl (C=O) groups excluding carboxylic acids is 2. The Morgan fingerprint density at radius 1 is 1.04 bits per heavy atom. The van der Waals surface area contributed by atoms with Crippen LogP contribution in [0.1, 0.15) is 35.7 Å². The molecule has 0 spiro atoms. The zero-order chi connectivity index (χ0) is 17.6. The minimum atomic E-state index is -0.511. The summed E-state index contributed by atoms with van der Waals surface area (Å²) in [6.45, 7) is 2.51. The summed E-state index contributed by atoms with van der Waals surface area (Å²) in [4.78, 5) is 24.2. The first kappa shape index (κ1) is 17.0. The lowest BCUT2D eigenvalue weighted by atomic mass is 9.96. The second-order valence-corrected chi connectivity index (χ2v) is 6.15. The van der Waals surface area contributed by atoms with Gasteiger partial charge in [0, 0.05) is 5.56 Å². The minimum Gasteiger partial charge on any atom is -0.489 e. The predicted octanol–water partition coefficient (Wildman–Crippen LogP) is 3.30. The van der Waals surface area contributed by atoms with Gasteiger partial charge < -0.3 is 15.4 Å². The van der Waals surface area contributed by atoms with Crippen molar-refractivity contribution in [3.63, 3.8) is 0 Å². The van der Waals surface area contributed by atoms with E-state index in [4.69, 9.17) is 4.74 Å². The lowest BCUT2D eigenvalue weighted by Gasteiger charge is -2.16. The summed E-state index contributed by atoms with van der Waals surface area (Å²) >= 11 is 0. The Labute approximate surface area is 147 Å². The summed E-state index contributed by atoms with van der Waals surface area (Å²) in [7, 11) is 0. The van der Waals surface area contributed by atoms with Crippen molar-refractivity contribution in [1.29, 1.82) is 0 Å². The molecule has 130 valence electrons. The summed E-state index contributed by atoms with van der Waals surface area (Å²) < 4.78 is 5.74. The molecule has 0 aliphatic carbocycles. The Morgan fingerprint density at radius 3 is 2.44 bits per heavy atom. The molecule has 2 N–H and O–H groups in total. The molecule has 1 saturated heterocycles. The van der Waals surface area contributed by atoms with Crippen LogP contribution < -0.4 is 15.4 Å². The van der Waals surface area contributed by atoms with Gasteiger partial charge in [0.2, 0.25) is 0 Å². The molecule has 2 aromatic rings. The summed E-state index contributed by atoms with van der Waals surface area (Å²) in [5, 5.41) is 5.53. The average molecular weight is 338 g/mol. The van der Waals surface area contributed by atoms with Crippen LogP contribution in [0, 0.1) is 0 Å². The molecular formula is C20H22N2O3. The van der Waals surface area contributed by atoms with Crippen LogP contribution in [-0.4, -0.2) is 23.9 Å². The van der Waals surface area contributed by atoms with Gasteiger partial charge in [-0.3, -0.25) is 4.79 Å². The zero-order valence-corrected chi connectivity index (χ0v) is 14.2. The third kappa shape index (κ3) is 4.18. The van der Waals surface area contributed by atoms with Gasteiger partial charge in [-0.15, -0.1) is 0 Å². The maximum atomic E-state index is 12.7. The van der Waals surface area contributed by atoms with E-state index in [0.29, 0.717) is 17.9 Å². The van der Waals surface area contributed by atoms with E-state index in [2.05, 4.69) is 10.6 Å². The number of ether oxygens (including phenoxy) is 1. The number of rotatable bonds is 7. The summed E-state index contributed by atoms with van der Waals surface area (Å²) in [5.41, 5.74) is 1.66. The van der Waals surface area contributed by atoms with Crippen LogP contribution in [0.3, 0.4) is 0 Å². The van der Waals surface area contributed by atoms with Crippen LogP contribution in [0.4, 0.5) is 4.79 Å². The summed E-state index contributed by atoms with van der Waals surface area (Å²) in [5.74, 6) is 0.630. The number of nitrogens with one attached hydrogen (secondary N) is 2. The van der Waals surface area contributed by atoms with E-state index in [1.807, 2.05) is 37.3 Å². The van der Waals surface area contributed by atoms with E-state index in [9.17, 15) is 9.59 Å². The van der Waals surface area contributed by atoms with Gasteiger partial charge in [-0.25, -0.2) is 4.79 Å². The third-order valence-corrected chi connectivity index (χ3v) is 4.27. The molecule has 5 nitrogen and oxygen atoms in total. The number of benzene rings is 2. The van der Waals surface area contributed by atoms with E-state index in [1.54, 1.807) is 24.3 Å². The van der Waals surface area contributed by atoms with Crippen molar-refractivity contribution in [3.05, 3.63) is 65.7 Å². The molecule has 1 heterocycles. The average Bonchev–Trinajstić information content (AvgIpc) is 3.01. The number of hydrogen-bond acceptors (Lipinski definition) is 3. The van der Waals surface area contributed by atoms with Crippen LogP contribution in [0.15, 0.2) is 54.6 Å². The van der Waals surface area contributed by atoms with Crippen molar-refractivity contribution >= 4 is 11.8 Å². The number of Topliss-reactive ketones (excluding diaryl/α,β-unsaturated/α-hetero) is 1. The molecule has 2 aromatic carbocycles. The highest BCUT2D eigenvalue weighted by Crippen LogP contribution is 2.18. The minimum absolute atomic E-state index is 0.0774. The van der Waals surface area contributed by atoms with Crippen molar-refractivity contribution in [3.8, 4) is 5.75 Å². The first-order chi connectivity index (χ1) is 12.2. The molecule has 2 unspecified atom stereocenters. The summed E-state index contributed by atoms with van der Waals surface area (Å²) in [6, 6.07) is 16.0. The van der Waals surface area contributed by atoms with Gasteiger partial charge in [-0.1, -0.05) is 43.7 Å². The van der Waals surface area contributed by atoms with Gasteiger partial charge in [0.15, 0.2) is 5.78 Å². The lowest BCUT2D eigenvalue weighted by molar-refractivity contribution is 0.0942. The van der Waals surface area contributed by atoms with Crippen molar-refractivity contribution in [2.24, 2.45) is 0 Å². The van der Waals surface area contributed by atoms with Crippen molar-refractivity contribution < 1.29 is 14.3 Å². The molecule has 2 atom stereocenters. The molecule has 0 radical (unpaired) electrons. The SMILES string of the molecule is CCCC1NC(=O)NC1C(=O)c1ccc(OCc2ccccc2)cc1. The molecule has 5 heteroatoms. The standard InChI is InChI=1S/C20H22N2O3/c1-2-6-17-18(22-20(24)21-17)19(23)15-9-11-16(12-10-15)25-13-14-7-4-3-5-8-14/h3-5,7-12,17-18H,2,6,13H2,1H3,(H2,21,22,24). The molecule has 1 aliphatic rings. The largest absolute Gasteiger partial charge is 0.489 e. The Hall–Kier alpha value is -2.82. The van der Waals surface area contributed by atoms with E-state index in [1.165, 1.54) is 0 Å². The molecule has 0 saturated carbocycles. The van der Waals surface area contributed by atoms with Crippen LogP contribution >= 0.6 is 0 Å². The predicted molar refractivity (Wildman–Crippen MR) is 95.7 cm³/mol. The molecule has 0 bridgehead atoms. The molecule has 0 aromatic heterocycles. The van der Waals surface area contributed by atoms with Crippen LogP contribution in [0.2, 0.25) is 0 Å². The number of amides is 2. The second kappa shape index (κ2) is 7.83. The molecule has 2 amide bonds. The molecular weight excluding hydrogens is 316 g/mol. The van der Waals surface area contributed by atoms with Gasteiger partial charge in [0.05, 0.1) is 6.04 Å². The van der Waals surface area contributed by atoms with Gasteiger partial charge in [0.1, 0.15) is 18.4 Å². The maximum absolute atomic E-state index is 12.7. The van der Waals surface area contributed by atoms with Gasteiger partial charge in [-0.2, -0.15) is 0 Å². The molecule has 3 rings (SSSR count). The number of hydrogen-bond donors (Lipinski definition) is 2. The maximum Gasteiger partial charge on any atom is 0.315 e. The first-order valence-electron chi connectivity index (χ1n) is 8.55. The fraction of sp³-hybridized carbons (Fsp3) is 0.300. The molecule has 25 heavy (non-hydrogen) atoms. The number of carbonyl (C=O) groups is 2. The van der Waals surface area contributed by atoms with Gasteiger partial charge >= 0.3 is 6.03 Å². The Kier molecular flexibility index (Phi) is 5.33. The Bertz CT molecular complexity index is 728. The fourth-order valence-corrected chi connectivity index (χ4v) is 2.97. The quantitative estimate of drug-likeness (QED) is 0.761. The topological polar surface area (TPSA) is 67.4 Å². The number of ketones is 1. The Morgan fingerprint density at radius 2 is 1.76 bits per heavy atom. The molecule has 1 aliphatic heterocycles. The Balaban J connectivity index is 1.63. The first-order valence-corrected chi connectivity index (χ1v) is 8.55. The normalized spacial score (nSPS) is 19.2. The van der Waals surface area contributed by atoms with E-state index >= 15 is 0 Å². The smallest absolute Gasteiger partial charge is 0.315 e. The highest BCUT2D eigenvalue weighted by molar-refractivity contribution is 6.04. The van der Waals surface area contributed by atoms with Crippen LogP contribution in [-0.2, 0) is 6.61 Å². The van der Waals surface area contributed by atoms with Crippen LogP contribution in [0.25, 0.3) is 0 Å². The van der Waals surface area contributed by atoms with E-state index < -0.39 is 6.04 Å². The fourth-order valence-electron chi connectivity index (χ4n) is 2.97. The zero-order valence-electron chi connectivity index (χ0n) is 14.2. The monoisotopic (exact) mass is 338 g/mol. The van der Waals surface area contributed by atoms with Crippen molar-refractivity contribution in [2.75, 3.05) is 0 Å². The highest BCUT2D eigenvalue weighted by Gasteiger charge is 2.36. The van der Waals surface area contributed by atoms with Crippen molar-refractivity contribution in [1.82, 2.24) is 10.6 Å². The highest BCUT2D eigenvalue weighted by atomic mass is 16.5. The third-order valence-electron chi connectivity index (χ3n) is 4.27. The van der Waals surface area contributed by atoms with E-state index in [0.717, 1.165) is 18.4 Å². The van der Waals surface area contributed by atoms with Crippen LogP contribution in [0.5, 0.6) is 5.75 Å². The second-order valence-electron chi connectivity index (χ2n) is 6.15. The number of urea groups is 1. The molecule has 1 fully saturated rings. The van der Waals surface area contributed by atoms with Gasteiger partial charge in [-0.05, 0) is 36.2 Å². The van der Waals surface area contributed by atoms with Crippen molar-refractivity contribution in [2.45, 2.75) is 38.5 Å². The lowest BCUT2D eigenvalue weighted by Crippen LogP contribution is -2.40. The van der Waals surface area contributed by atoms with E-state index in [-0.39, 0.29) is 17.9 Å². The van der Waals surface area contributed by atoms with Gasteiger partial charge in [0.25, 0.3) is 0 Å². The summed E-state index contributed by atoms with van der Waals surface area (Å²) in [6.07, 6.45) is 1.68.